The van der Waals surface area contributed by atoms with E-state index in [0.717, 1.165) is 31.4 Å². The van der Waals surface area contributed by atoms with Gasteiger partial charge in [0.2, 0.25) is 0 Å². The van der Waals surface area contributed by atoms with Gasteiger partial charge in [-0.2, -0.15) is 0 Å². The predicted octanol–water partition coefficient (Wildman–Crippen LogP) is 3.91. The first kappa shape index (κ1) is 21.6. The van der Waals surface area contributed by atoms with Crippen LogP contribution in [0.3, 0.4) is 0 Å². The lowest BCUT2D eigenvalue weighted by Crippen LogP contribution is -2.40. The molecular weight excluding hydrogens is 380 g/mol. The van der Waals surface area contributed by atoms with Crippen molar-refractivity contribution in [3.05, 3.63) is 65.7 Å². The molecule has 158 valence electrons. The van der Waals surface area contributed by atoms with E-state index in [2.05, 4.69) is 0 Å². The normalized spacial score (nSPS) is 14.1. The molecule has 1 fully saturated rings. The molecule has 30 heavy (non-hydrogen) atoms. The van der Waals surface area contributed by atoms with Crippen LogP contribution in [-0.4, -0.2) is 49.4 Å². The molecule has 6 heteroatoms. The van der Waals surface area contributed by atoms with Gasteiger partial charge >= 0.3 is 5.97 Å². The lowest BCUT2D eigenvalue weighted by atomic mass is 9.94. The van der Waals surface area contributed by atoms with Crippen LogP contribution >= 0.6 is 0 Å². The van der Waals surface area contributed by atoms with Crippen LogP contribution < -0.4 is 4.90 Å². The Kier molecular flexibility index (Phi) is 7.22. The zero-order valence-corrected chi connectivity index (χ0v) is 17.5. The fraction of sp³-hybridized carbons (Fsp3) is 0.375. The predicted molar refractivity (Wildman–Crippen MR) is 116 cm³/mol. The van der Waals surface area contributed by atoms with Crippen LogP contribution in [0, 0.1) is 0 Å². The quantitative estimate of drug-likeness (QED) is 0.680. The standard InChI is InChI=1S/C24H28N2O4/c1-25(18-11-5-3-6-12-18)22(27)17-30-24(29)21-16-10-9-15-20(21)23(28)26(2)19-13-7-4-8-14-19/h4,7-10,13-16,18H,3,5-6,11-12,17H2,1-2H3. The summed E-state index contributed by atoms with van der Waals surface area (Å²) in [4.78, 5) is 41.3. The average Bonchev–Trinajstić information content (AvgIpc) is 2.82. The molecule has 0 unspecified atom stereocenters. The fourth-order valence-corrected chi connectivity index (χ4v) is 3.78. The van der Waals surface area contributed by atoms with Crippen molar-refractivity contribution < 1.29 is 19.1 Å². The summed E-state index contributed by atoms with van der Waals surface area (Å²) >= 11 is 0. The van der Waals surface area contributed by atoms with E-state index in [0.29, 0.717) is 0 Å². The summed E-state index contributed by atoms with van der Waals surface area (Å²) in [5.41, 5.74) is 1.11. The molecule has 0 heterocycles. The van der Waals surface area contributed by atoms with Gasteiger partial charge in [0.25, 0.3) is 11.8 Å². The van der Waals surface area contributed by atoms with Crippen LogP contribution in [0.1, 0.15) is 52.8 Å². The second-order valence-corrected chi connectivity index (χ2v) is 7.62. The van der Waals surface area contributed by atoms with Crippen molar-refractivity contribution in [2.24, 2.45) is 0 Å². The number of hydrogen-bond acceptors (Lipinski definition) is 4. The molecule has 3 rings (SSSR count). The third-order valence-corrected chi connectivity index (χ3v) is 5.67. The Morgan fingerprint density at radius 2 is 1.47 bits per heavy atom. The van der Waals surface area contributed by atoms with Crippen LogP contribution in [0.15, 0.2) is 54.6 Å². The molecule has 2 amide bonds. The summed E-state index contributed by atoms with van der Waals surface area (Å²) in [6, 6.07) is 15.9. The molecule has 6 nitrogen and oxygen atoms in total. The largest absolute Gasteiger partial charge is 0.452 e. The van der Waals surface area contributed by atoms with Gasteiger partial charge in [-0.25, -0.2) is 4.79 Å². The number of benzene rings is 2. The highest BCUT2D eigenvalue weighted by atomic mass is 16.5. The Morgan fingerprint density at radius 1 is 0.867 bits per heavy atom. The number of carbonyl (C=O) groups excluding carboxylic acids is 3. The van der Waals surface area contributed by atoms with Crippen molar-refractivity contribution in [3.63, 3.8) is 0 Å². The number of para-hydroxylation sites is 1. The Labute approximate surface area is 177 Å². The molecule has 1 saturated carbocycles. The second kappa shape index (κ2) is 10.1. The number of hydrogen-bond donors (Lipinski definition) is 0. The fourth-order valence-electron chi connectivity index (χ4n) is 3.78. The SMILES string of the molecule is CN(C(=O)c1ccccc1C(=O)OCC(=O)N(C)C1CCCCC1)c1ccccc1. The molecular formula is C24H28N2O4. The molecule has 0 spiro atoms. The van der Waals surface area contributed by atoms with Crippen molar-refractivity contribution in [3.8, 4) is 0 Å². The zero-order chi connectivity index (χ0) is 21.5. The minimum absolute atomic E-state index is 0.151. The molecule has 2 aromatic carbocycles. The summed E-state index contributed by atoms with van der Waals surface area (Å²) in [6.07, 6.45) is 5.41. The Morgan fingerprint density at radius 3 is 2.13 bits per heavy atom. The van der Waals surface area contributed by atoms with Crippen LogP contribution in [0.5, 0.6) is 0 Å². The molecule has 0 N–H and O–H groups in total. The second-order valence-electron chi connectivity index (χ2n) is 7.62. The molecule has 0 aliphatic heterocycles. The van der Waals surface area contributed by atoms with Gasteiger partial charge in [-0.15, -0.1) is 0 Å². The summed E-state index contributed by atoms with van der Waals surface area (Å²) in [5.74, 6) is -1.22. The number of carbonyl (C=O) groups is 3. The topological polar surface area (TPSA) is 66.9 Å². The highest BCUT2D eigenvalue weighted by Gasteiger charge is 2.25. The van der Waals surface area contributed by atoms with Gasteiger partial charge < -0.3 is 14.5 Å². The Bertz CT molecular complexity index is 891. The molecule has 0 bridgehead atoms. The number of nitrogens with zero attached hydrogens (tertiary/aromatic N) is 2. The summed E-state index contributed by atoms with van der Waals surface area (Å²) in [5, 5.41) is 0. The van der Waals surface area contributed by atoms with Gasteiger partial charge in [0.05, 0.1) is 11.1 Å². The van der Waals surface area contributed by atoms with Crippen LogP contribution in [-0.2, 0) is 9.53 Å². The van der Waals surface area contributed by atoms with E-state index >= 15 is 0 Å². The smallest absolute Gasteiger partial charge is 0.339 e. The molecule has 0 saturated heterocycles. The maximum Gasteiger partial charge on any atom is 0.339 e. The Balaban J connectivity index is 1.66. The third-order valence-electron chi connectivity index (χ3n) is 5.67. The van der Waals surface area contributed by atoms with Gasteiger partial charge in [0.1, 0.15) is 0 Å². The van der Waals surface area contributed by atoms with Gasteiger partial charge in [-0.1, -0.05) is 49.6 Å². The van der Waals surface area contributed by atoms with Crippen molar-refractivity contribution in [1.29, 1.82) is 0 Å². The number of anilines is 1. The van der Waals surface area contributed by atoms with Gasteiger partial charge in [-0.3, -0.25) is 9.59 Å². The minimum Gasteiger partial charge on any atom is -0.452 e. The summed E-state index contributed by atoms with van der Waals surface area (Å²) in [7, 11) is 3.42. The lowest BCUT2D eigenvalue weighted by Gasteiger charge is -2.31. The van der Waals surface area contributed by atoms with E-state index < -0.39 is 5.97 Å². The van der Waals surface area contributed by atoms with Crippen molar-refractivity contribution in [2.45, 2.75) is 38.1 Å². The highest BCUT2D eigenvalue weighted by molar-refractivity contribution is 6.12. The summed E-state index contributed by atoms with van der Waals surface area (Å²) < 4.78 is 5.28. The van der Waals surface area contributed by atoms with Crippen molar-refractivity contribution in [1.82, 2.24) is 4.90 Å². The third kappa shape index (κ3) is 5.06. The highest BCUT2D eigenvalue weighted by Crippen LogP contribution is 2.22. The van der Waals surface area contributed by atoms with Gasteiger partial charge in [0.15, 0.2) is 6.61 Å². The van der Waals surface area contributed by atoms with E-state index in [1.807, 2.05) is 30.3 Å². The van der Waals surface area contributed by atoms with E-state index in [-0.39, 0.29) is 35.6 Å². The van der Waals surface area contributed by atoms with Crippen LogP contribution in [0.25, 0.3) is 0 Å². The van der Waals surface area contributed by atoms with Gasteiger partial charge in [-0.05, 0) is 37.1 Å². The van der Waals surface area contributed by atoms with E-state index in [4.69, 9.17) is 4.74 Å². The molecule has 1 aliphatic carbocycles. The van der Waals surface area contributed by atoms with E-state index in [1.54, 1.807) is 43.3 Å². The molecule has 2 aromatic rings. The van der Waals surface area contributed by atoms with Crippen molar-refractivity contribution in [2.75, 3.05) is 25.6 Å². The Hall–Kier alpha value is -3.15. The molecule has 1 aliphatic rings. The minimum atomic E-state index is -0.675. The molecule has 0 aromatic heterocycles. The number of likely N-dealkylation sites (N-methyl/N-ethyl adjacent to an activating group) is 1. The number of amides is 2. The monoisotopic (exact) mass is 408 g/mol. The van der Waals surface area contributed by atoms with Gasteiger partial charge in [0, 0.05) is 25.8 Å². The number of rotatable bonds is 6. The van der Waals surface area contributed by atoms with E-state index in [9.17, 15) is 14.4 Å². The number of esters is 1. The molecule has 0 radical (unpaired) electrons. The van der Waals surface area contributed by atoms with Crippen molar-refractivity contribution >= 4 is 23.5 Å². The first-order valence-corrected chi connectivity index (χ1v) is 10.3. The van der Waals surface area contributed by atoms with Crippen LogP contribution in [0.2, 0.25) is 0 Å². The first-order chi connectivity index (χ1) is 14.5. The maximum atomic E-state index is 13.0. The van der Waals surface area contributed by atoms with Crippen LogP contribution in [0.4, 0.5) is 5.69 Å². The molecule has 0 atom stereocenters. The van der Waals surface area contributed by atoms with E-state index in [1.165, 1.54) is 11.3 Å². The number of ether oxygens (including phenoxy) is 1. The maximum absolute atomic E-state index is 13.0. The average molecular weight is 408 g/mol. The summed E-state index contributed by atoms with van der Waals surface area (Å²) in [6.45, 7) is -0.330. The zero-order valence-electron chi connectivity index (χ0n) is 17.5. The first-order valence-electron chi connectivity index (χ1n) is 10.3. The lowest BCUT2D eigenvalue weighted by molar-refractivity contribution is -0.135.